The zero-order chi connectivity index (χ0) is 23.0. The first-order valence-corrected chi connectivity index (χ1v) is 11.6. The molecule has 0 fully saturated rings. The molecule has 32 heavy (non-hydrogen) atoms. The molecule has 0 N–H and O–H groups in total. The van der Waals surface area contributed by atoms with E-state index in [9.17, 15) is 13.2 Å². The molecular weight excluding hydrogens is 430 g/mol. The van der Waals surface area contributed by atoms with Gasteiger partial charge in [0, 0.05) is 13.1 Å². The van der Waals surface area contributed by atoms with Gasteiger partial charge in [-0.05, 0) is 43.5 Å². The highest BCUT2D eigenvalue weighted by atomic mass is 32.2. The molecule has 1 aliphatic rings. The zero-order valence-electron chi connectivity index (χ0n) is 18.5. The number of para-hydroxylation sites is 1. The van der Waals surface area contributed by atoms with Crippen LogP contribution in [0.4, 0.5) is 0 Å². The molecule has 0 atom stereocenters. The molecule has 168 valence electrons. The third-order valence-corrected chi connectivity index (χ3v) is 7.84. The molecule has 0 amide bonds. The van der Waals surface area contributed by atoms with Gasteiger partial charge in [0.15, 0.2) is 11.5 Å². The number of sulfonamides is 1. The molecule has 0 spiro atoms. The Balaban J connectivity index is 1.74. The Bertz CT molecular complexity index is 1300. The number of nitrogens with zero attached hydrogens (tertiary/aromatic N) is 3. The summed E-state index contributed by atoms with van der Waals surface area (Å²) in [4.78, 5) is 13.4. The number of methoxy groups -OCH3 is 2. The number of rotatable bonds is 5. The number of hydrogen-bond donors (Lipinski definition) is 0. The molecule has 0 saturated heterocycles. The van der Waals surface area contributed by atoms with Crippen molar-refractivity contribution < 1.29 is 22.7 Å². The van der Waals surface area contributed by atoms with Crippen LogP contribution in [0.3, 0.4) is 0 Å². The third kappa shape index (κ3) is 3.57. The second-order valence-corrected chi connectivity index (χ2v) is 9.49. The summed E-state index contributed by atoms with van der Waals surface area (Å²) in [5.41, 5.74) is 2.91. The quantitative estimate of drug-likeness (QED) is 0.588. The van der Waals surface area contributed by atoms with Crippen molar-refractivity contribution in [1.82, 2.24) is 14.1 Å². The van der Waals surface area contributed by atoms with Crippen LogP contribution in [0.15, 0.2) is 47.4 Å². The number of fused-ring (bicyclic) bond motifs is 1. The summed E-state index contributed by atoms with van der Waals surface area (Å²) < 4.78 is 40.3. The molecule has 2 heterocycles. The van der Waals surface area contributed by atoms with Gasteiger partial charge in [0.05, 0.1) is 31.2 Å². The van der Waals surface area contributed by atoms with Crippen molar-refractivity contribution in [3.8, 4) is 11.5 Å². The molecule has 0 radical (unpaired) electrons. The lowest BCUT2D eigenvalue weighted by Crippen LogP contribution is -2.36. The van der Waals surface area contributed by atoms with Gasteiger partial charge in [-0.1, -0.05) is 30.3 Å². The number of carbonyl (C=O) groups is 1. The van der Waals surface area contributed by atoms with Gasteiger partial charge >= 0.3 is 0 Å². The van der Waals surface area contributed by atoms with Crippen LogP contribution in [0, 0.1) is 13.8 Å². The predicted octanol–water partition coefficient (Wildman–Crippen LogP) is 2.95. The van der Waals surface area contributed by atoms with Gasteiger partial charge in [-0.2, -0.15) is 14.1 Å². The average molecular weight is 456 g/mol. The van der Waals surface area contributed by atoms with E-state index in [4.69, 9.17) is 9.47 Å². The number of aryl methyl sites for hydroxylation is 1. The normalized spacial score (nSPS) is 14.1. The number of hydrogen-bond acceptors (Lipinski definition) is 6. The highest BCUT2D eigenvalue weighted by Crippen LogP contribution is 2.33. The fourth-order valence-corrected chi connectivity index (χ4v) is 5.95. The molecule has 3 aromatic rings. The van der Waals surface area contributed by atoms with Gasteiger partial charge in [0.25, 0.3) is 5.91 Å². The summed E-state index contributed by atoms with van der Waals surface area (Å²) >= 11 is 0. The van der Waals surface area contributed by atoms with E-state index in [1.807, 2.05) is 24.3 Å². The van der Waals surface area contributed by atoms with Gasteiger partial charge in [0.1, 0.15) is 4.90 Å². The first-order valence-electron chi connectivity index (χ1n) is 10.2. The maximum Gasteiger partial charge on any atom is 0.282 e. The van der Waals surface area contributed by atoms with Crippen LogP contribution in [-0.2, 0) is 23.0 Å². The molecule has 1 aromatic heterocycles. The Morgan fingerprint density at radius 3 is 2.41 bits per heavy atom. The zero-order valence-corrected chi connectivity index (χ0v) is 19.3. The highest BCUT2D eigenvalue weighted by Gasteiger charge is 2.34. The van der Waals surface area contributed by atoms with E-state index in [0.717, 1.165) is 15.8 Å². The summed E-state index contributed by atoms with van der Waals surface area (Å²) in [6.45, 7) is 3.86. The molecule has 0 bridgehead atoms. The Hall–Kier alpha value is -3.17. The van der Waals surface area contributed by atoms with Crippen molar-refractivity contribution in [2.24, 2.45) is 0 Å². The van der Waals surface area contributed by atoms with Gasteiger partial charge in [0.2, 0.25) is 10.0 Å². The lowest BCUT2D eigenvalue weighted by molar-refractivity contribution is 0.0938. The van der Waals surface area contributed by atoms with E-state index in [0.29, 0.717) is 25.3 Å². The number of benzene rings is 2. The second kappa shape index (κ2) is 8.40. The summed E-state index contributed by atoms with van der Waals surface area (Å²) in [5, 5.41) is 4.29. The lowest BCUT2D eigenvalue weighted by atomic mass is 10.0. The topological polar surface area (TPSA) is 90.7 Å². The molecule has 8 nitrogen and oxygen atoms in total. The van der Waals surface area contributed by atoms with Gasteiger partial charge in [-0.3, -0.25) is 4.79 Å². The van der Waals surface area contributed by atoms with Crippen LogP contribution in [0.1, 0.15) is 32.9 Å². The predicted molar refractivity (Wildman–Crippen MR) is 119 cm³/mol. The number of carbonyl (C=O) groups excluding carboxylic acids is 1. The van der Waals surface area contributed by atoms with Crippen LogP contribution >= 0.6 is 0 Å². The van der Waals surface area contributed by atoms with Crippen LogP contribution in [0.2, 0.25) is 0 Å². The van der Waals surface area contributed by atoms with Crippen molar-refractivity contribution in [3.63, 3.8) is 0 Å². The summed E-state index contributed by atoms with van der Waals surface area (Å²) in [5.74, 6) is 0.177. The minimum atomic E-state index is -3.85. The van der Waals surface area contributed by atoms with E-state index in [-0.39, 0.29) is 27.6 Å². The number of aromatic nitrogens is 2. The third-order valence-electron chi connectivity index (χ3n) is 5.74. The Labute approximate surface area is 187 Å². The SMILES string of the molecule is COc1cccc(C(=O)n2nc(C)c(S(=O)(=O)N3CCc4ccccc4C3)c2C)c1OC. The van der Waals surface area contributed by atoms with Crippen LogP contribution in [0.25, 0.3) is 0 Å². The minimum absolute atomic E-state index is 0.0621. The van der Waals surface area contributed by atoms with E-state index in [1.54, 1.807) is 32.0 Å². The maximum absolute atomic E-state index is 13.6. The van der Waals surface area contributed by atoms with Crippen LogP contribution in [0.5, 0.6) is 11.5 Å². The van der Waals surface area contributed by atoms with Crippen molar-refractivity contribution in [2.45, 2.75) is 31.7 Å². The molecule has 0 unspecified atom stereocenters. The Kier molecular flexibility index (Phi) is 5.79. The van der Waals surface area contributed by atoms with E-state index in [1.165, 1.54) is 18.5 Å². The fourth-order valence-electron chi connectivity index (χ4n) is 4.17. The number of ether oxygens (including phenoxy) is 2. The van der Waals surface area contributed by atoms with Crippen molar-refractivity contribution in [2.75, 3.05) is 20.8 Å². The second-order valence-electron chi connectivity index (χ2n) is 7.62. The Morgan fingerprint density at radius 2 is 1.72 bits per heavy atom. The molecule has 0 saturated carbocycles. The summed E-state index contributed by atoms with van der Waals surface area (Å²) in [6.07, 6.45) is 0.640. The molecular formula is C23H25N3O5S. The molecule has 9 heteroatoms. The van der Waals surface area contributed by atoms with Gasteiger partial charge < -0.3 is 9.47 Å². The molecule has 1 aliphatic heterocycles. The minimum Gasteiger partial charge on any atom is -0.493 e. The molecule has 4 rings (SSSR count). The Morgan fingerprint density at radius 1 is 1.00 bits per heavy atom. The van der Waals surface area contributed by atoms with Gasteiger partial charge in [-0.15, -0.1) is 0 Å². The monoisotopic (exact) mass is 455 g/mol. The van der Waals surface area contributed by atoms with Crippen molar-refractivity contribution in [1.29, 1.82) is 0 Å². The lowest BCUT2D eigenvalue weighted by Gasteiger charge is -2.28. The van der Waals surface area contributed by atoms with Crippen molar-refractivity contribution >= 4 is 15.9 Å². The summed E-state index contributed by atoms with van der Waals surface area (Å²) in [6, 6.07) is 12.8. The fraction of sp³-hybridized carbons (Fsp3) is 0.304. The van der Waals surface area contributed by atoms with Crippen molar-refractivity contribution in [3.05, 3.63) is 70.5 Å². The van der Waals surface area contributed by atoms with Crippen LogP contribution in [-0.4, -0.2) is 49.2 Å². The standard InChI is InChI=1S/C23H25N3O5S/c1-15-22(32(28,29)25-13-12-17-8-5-6-9-18(17)14-25)16(2)26(24-15)23(27)19-10-7-11-20(30-3)21(19)31-4/h5-11H,12-14H2,1-4H3. The molecule has 0 aliphatic carbocycles. The average Bonchev–Trinajstić information content (AvgIpc) is 3.11. The molecule has 2 aromatic carbocycles. The smallest absolute Gasteiger partial charge is 0.282 e. The van der Waals surface area contributed by atoms with E-state index < -0.39 is 15.9 Å². The van der Waals surface area contributed by atoms with Gasteiger partial charge in [-0.25, -0.2) is 8.42 Å². The first kappa shape index (κ1) is 22.0. The largest absolute Gasteiger partial charge is 0.493 e. The van der Waals surface area contributed by atoms with E-state index in [2.05, 4.69) is 5.10 Å². The maximum atomic E-state index is 13.6. The van der Waals surface area contributed by atoms with E-state index >= 15 is 0 Å². The van der Waals surface area contributed by atoms with Crippen LogP contribution < -0.4 is 9.47 Å². The highest BCUT2D eigenvalue weighted by molar-refractivity contribution is 7.89. The first-order chi connectivity index (χ1) is 15.3. The summed E-state index contributed by atoms with van der Waals surface area (Å²) in [7, 11) is -0.920.